The monoisotopic (exact) mass is 183 g/mol. The van der Waals surface area contributed by atoms with E-state index in [1.165, 1.54) is 13.2 Å². The number of halogens is 1. The molecule has 1 aromatic rings. The van der Waals surface area contributed by atoms with E-state index >= 15 is 0 Å². The SMILES string of the molecule is COc1c(F)ccc2c1OCC2N. The lowest BCUT2D eigenvalue weighted by Crippen LogP contribution is -2.10. The van der Waals surface area contributed by atoms with Crippen molar-refractivity contribution in [2.24, 2.45) is 5.73 Å². The van der Waals surface area contributed by atoms with Crippen LogP contribution >= 0.6 is 0 Å². The van der Waals surface area contributed by atoms with Gasteiger partial charge in [-0.3, -0.25) is 0 Å². The Labute approximate surface area is 75.3 Å². The smallest absolute Gasteiger partial charge is 0.197 e. The molecule has 1 heterocycles. The molecule has 0 radical (unpaired) electrons. The predicted octanol–water partition coefficient (Wildman–Crippen LogP) is 1.23. The summed E-state index contributed by atoms with van der Waals surface area (Å²) in [5.74, 6) is 0.163. The molecule has 2 N–H and O–H groups in total. The maximum atomic E-state index is 13.1. The second kappa shape index (κ2) is 2.88. The van der Waals surface area contributed by atoms with E-state index < -0.39 is 5.82 Å². The highest BCUT2D eigenvalue weighted by molar-refractivity contribution is 5.51. The maximum Gasteiger partial charge on any atom is 0.197 e. The van der Waals surface area contributed by atoms with Crippen LogP contribution in [0.3, 0.4) is 0 Å². The van der Waals surface area contributed by atoms with Crippen molar-refractivity contribution >= 4 is 0 Å². The third-order valence-electron chi connectivity index (χ3n) is 2.11. The van der Waals surface area contributed by atoms with Gasteiger partial charge in [0.15, 0.2) is 17.3 Å². The Kier molecular flexibility index (Phi) is 1.84. The number of rotatable bonds is 1. The van der Waals surface area contributed by atoms with Crippen LogP contribution in [0, 0.1) is 5.82 Å². The van der Waals surface area contributed by atoms with E-state index in [1.54, 1.807) is 6.07 Å². The minimum Gasteiger partial charge on any atom is -0.490 e. The first kappa shape index (κ1) is 8.31. The molecule has 1 unspecified atom stereocenters. The second-order valence-corrected chi connectivity index (χ2v) is 2.92. The molecule has 0 amide bonds. The van der Waals surface area contributed by atoms with Crippen molar-refractivity contribution in [3.8, 4) is 11.5 Å². The van der Waals surface area contributed by atoms with Crippen LogP contribution in [0.4, 0.5) is 4.39 Å². The standard InChI is InChI=1S/C9H10FNO2/c1-12-9-6(10)3-2-5-7(11)4-13-8(5)9/h2-3,7H,4,11H2,1H3. The summed E-state index contributed by atoms with van der Waals surface area (Å²) in [6.07, 6.45) is 0. The van der Waals surface area contributed by atoms with Gasteiger partial charge in [-0.25, -0.2) is 4.39 Å². The average Bonchev–Trinajstić information content (AvgIpc) is 2.48. The van der Waals surface area contributed by atoms with E-state index in [4.69, 9.17) is 15.2 Å². The molecule has 0 fully saturated rings. The van der Waals surface area contributed by atoms with E-state index in [0.29, 0.717) is 12.4 Å². The van der Waals surface area contributed by atoms with Gasteiger partial charge < -0.3 is 15.2 Å². The molecule has 13 heavy (non-hydrogen) atoms. The molecule has 0 saturated carbocycles. The molecule has 1 aliphatic heterocycles. The largest absolute Gasteiger partial charge is 0.490 e. The highest BCUT2D eigenvalue weighted by Crippen LogP contribution is 2.40. The van der Waals surface area contributed by atoms with E-state index in [-0.39, 0.29) is 11.8 Å². The maximum absolute atomic E-state index is 13.1. The van der Waals surface area contributed by atoms with Crippen molar-refractivity contribution in [2.75, 3.05) is 13.7 Å². The third kappa shape index (κ3) is 1.14. The molecule has 2 rings (SSSR count). The van der Waals surface area contributed by atoms with Crippen LogP contribution in [0.1, 0.15) is 11.6 Å². The lowest BCUT2D eigenvalue weighted by atomic mass is 10.1. The fraction of sp³-hybridized carbons (Fsp3) is 0.333. The molecule has 0 aliphatic carbocycles. The minimum atomic E-state index is -0.421. The molecular weight excluding hydrogens is 173 g/mol. The zero-order valence-electron chi connectivity index (χ0n) is 7.21. The summed E-state index contributed by atoms with van der Waals surface area (Å²) in [5, 5.41) is 0. The summed E-state index contributed by atoms with van der Waals surface area (Å²) >= 11 is 0. The van der Waals surface area contributed by atoms with Crippen molar-refractivity contribution < 1.29 is 13.9 Å². The Hall–Kier alpha value is -1.29. The molecule has 1 atom stereocenters. The number of nitrogens with two attached hydrogens (primary N) is 1. The Morgan fingerprint density at radius 1 is 1.62 bits per heavy atom. The van der Waals surface area contributed by atoms with Crippen LogP contribution in [-0.2, 0) is 0 Å². The number of ether oxygens (including phenoxy) is 2. The van der Waals surface area contributed by atoms with E-state index in [2.05, 4.69) is 0 Å². The molecule has 0 aromatic heterocycles. The molecule has 1 aliphatic rings. The fourth-order valence-corrected chi connectivity index (χ4v) is 1.45. The van der Waals surface area contributed by atoms with Crippen LogP contribution in [-0.4, -0.2) is 13.7 Å². The highest BCUT2D eigenvalue weighted by atomic mass is 19.1. The summed E-state index contributed by atoms with van der Waals surface area (Å²) < 4.78 is 23.2. The average molecular weight is 183 g/mol. The minimum absolute atomic E-state index is 0.144. The van der Waals surface area contributed by atoms with E-state index in [9.17, 15) is 4.39 Å². The first-order chi connectivity index (χ1) is 6.24. The van der Waals surface area contributed by atoms with Gasteiger partial charge in [-0.2, -0.15) is 0 Å². The van der Waals surface area contributed by atoms with Crippen LogP contribution in [0.2, 0.25) is 0 Å². The lowest BCUT2D eigenvalue weighted by Gasteiger charge is -2.07. The van der Waals surface area contributed by atoms with Gasteiger partial charge in [0, 0.05) is 5.56 Å². The number of methoxy groups -OCH3 is 1. The summed E-state index contributed by atoms with van der Waals surface area (Å²) in [6.45, 7) is 0.384. The topological polar surface area (TPSA) is 44.5 Å². The van der Waals surface area contributed by atoms with Gasteiger partial charge in [-0.15, -0.1) is 0 Å². The molecule has 70 valence electrons. The molecular formula is C9H10FNO2. The Bertz CT molecular complexity index is 341. The Morgan fingerprint density at radius 2 is 2.38 bits per heavy atom. The zero-order chi connectivity index (χ0) is 9.42. The second-order valence-electron chi connectivity index (χ2n) is 2.92. The molecule has 4 heteroatoms. The van der Waals surface area contributed by atoms with Crippen LogP contribution < -0.4 is 15.2 Å². The summed E-state index contributed by atoms with van der Waals surface area (Å²) in [5.41, 5.74) is 6.52. The van der Waals surface area contributed by atoms with Crippen LogP contribution in [0.5, 0.6) is 11.5 Å². The van der Waals surface area contributed by atoms with Crippen LogP contribution in [0.25, 0.3) is 0 Å². The summed E-state index contributed by atoms with van der Waals surface area (Å²) in [7, 11) is 1.41. The molecule has 0 saturated heterocycles. The van der Waals surface area contributed by atoms with Crippen molar-refractivity contribution in [1.82, 2.24) is 0 Å². The van der Waals surface area contributed by atoms with Gasteiger partial charge in [0.05, 0.1) is 13.2 Å². The lowest BCUT2D eigenvalue weighted by molar-refractivity contribution is 0.303. The number of hydrogen-bond donors (Lipinski definition) is 1. The summed E-state index contributed by atoms with van der Waals surface area (Å²) in [4.78, 5) is 0. The normalized spacial score (nSPS) is 19.5. The zero-order valence-corrected chi connectivity index (χ0v) is 7.21. The van der Waals surface area contributed by atoms with Gasteiger partial charge in [0.1, 0.15) is 6.61 Å². The third-order valence-corrected chi connectivity index (χ3v) is 2.11. The predicted molar refractivity (Wildman–Crippen MR) is 45.4 cm³/mol. The van der Waals surface area contributed by atoms with Gasteiger partial charge in [-0.1, -0.05) is 6.07 Å². The number of hydrogen-bond acceptors (Lipinski definition) is 3. The number of benzene rings is 1. The quantitative estimate of drug-likeness (QED) is 0.712. The Morgan fingerprint density at radius 3 is 3.08 bits per heavy atom. The van der Waals surface area contributed by atoms with Crippen molar-refractivity contribution in [1.29, 1.82) is 0 Å². The first-order valence-electron chi connectivity index (χ1n) is 3.99. The first-order valence-corrected chi connectivity index (χ1v) is 3.99. The summed E-state index contributed by atoms with van der Waals surface area (Å²) in [6, 6.07) is 2.79. The van der Waals surface area contributed by atoms with Crippen molar-refractivity contribution in [3.05, 3.63) is 23.5 Å². The molecule has 3 nitrogen and oxygen atoms in total. The van der Waals surface area contributed by atoms with E-state index in [1.807, 2.05) is 0 Å². The Balaban J connectivity index is 2.57. The van der Waals surface area contributed by atoms with Crippen molar-refractivity contribution in [2.45, 2.75) is 6.04 Å². The van der Waals surface area contributed by atoms with Gasteiger partial charge in [0.2, 0.25) is 0 Å². The van der Waals surface area contributed by atoms with E-state index in [0.717, 1.165) is 5.56 Å². The fourth-order valence-electron chi connectivity index (χ4n) is 1.45. The van der Waals surface area contributed by atoms with Crippen LogP contribution in [0.15, 0.2) is 12.1 Å². The molecule has 0 spiro atoms. The van der Waals surface area contributed by atoms with Gasteiger partial charge in [0.25, 0.3) is 0 Å². The molecule has 0 bridgehead atoms. The van der Waals surface area contributed by atoms with Crippen molar-refractivity contribution in [3.63, 3.8) is 0 Å². The molecule has 1 aromatic carbocycles. The highest BCUT2D eigenvalue weighted by Gasteiger charge is 2.26. The number of fused-ring (bicyclic) bond motifs is 1. The van der Waals surface area contributed by atoms with Gasteiger partial charge >= 0.3 is 0 Å². The van der Waals surface area contributed by atoms with Gasteiger partial charge in [-0.05, 0) is 6.07 Å².